The van der Waals surface area contributed by atoms with Gasteiger partial charge in [0.05, 0.1) is 5.56 Å². The molecule has 1 aliphatic rings. The van der Waals surface area contributed by atoms with Gasteiger partial charge >= 0.3 is 6.18 Å². The quantitative estimate of drug-likeness (QED) is 0.894. The molecule has 1 amide bonds. The van der Waals surface area contributed by atoms with E-state index in [1.165, 1.54) is 12.1 Å². The molecule has 104 valence electrons. The molecule has 5 heteroatoms. The number of hydrogen-bond donors (Lipinski definition) is 1. The number of alkyl halides is 3. The van der Waals surface area contributed by atoms with Gasteiger partial charge in [-0.15, -0.1) is 0 Å². The minimum absolute atomic E-state index is 0.0298. The van der Waals surface area contributed by atoms with E-state index in [1.54, 1.807) is 7.05 Å². The maximum atomic E-state index is 12.5. The summed E-state index contributed by atoms with van der Waals surface area (Å²) in [5.41, 5.74) is 0.171. The summed E-state index contributed by atoms with van der Waals surface area (Å²) in [4.78, 5) is 11.5. The number of nitrogens with one attached hydrogen (secondary N) is 1. The standard InChI is InChI=1S/C14H16F3NO/c1-18-13(19)8-12(9-2-3-9)10-4-6-11(7-5-10)14(15,16)17/h4-7,9,12H,2-3,8H2,1H3,(H,18,19). The normalized spacial score (nSPS) is 17.1. The van der Waals surface area contributed by atoms with E-state index in [0.717, 1.165) is 30.5 Å². The van der Waals surface area contributed by atoms with Gasteiger partial charge in [0.15, 0.2) is 0 Å². The van der Waals surface area contributed by atoms with Crippen molar-refractivity contribution >= 4 is 5.91 Å². The van der Waals surface area contributed by atoms with Crippen molar-refractivity contribution in [2.45, 2.75) is 31.4 Å². The predicted molar refractivity (Wildman–Crippen MR) is 65.6 cm³/mol. The topological polar surface area (TPSA) is 29.1 Å². The molecule has 19 heavy (non-hydrogen) atoms. The predicted octanol–water partition coefficient (Wildman–Crippen LogP) is 3.34. The van der Waals surface area contributed by atoms with Gasteiger partial charge in [-0.25, -0.2) is 0 Å². The van der Waals surface area contributed by atoms with Crippen LogP contribution in [0.3, 0.4) is 0 Å². The van der Waals surface area contributed by atoms with Crippen LogP contribution in [-0.4, -0.2) is 13.0 Å². The lowest BCUT2D eigenvalue weighted by Crippen LogP contribution is -2.21. The molecular formula is C14H16F3NO. The highest BCUT2D eigenvalue weighted by molar-refractivity contribution is 5.76. The summed E-state index contributed by atoms with van der Waals surface area (Å²) in [5.74, 6) is 0.382. The molecule has 1 aromatic rings. The molecule has 1 unspecified atom stereocenters. The van der Waals surface area contributed by atoms with Crippen LogP contribution in [0.4, 0.5) is 13.2 Å². The molecule has 1 atom stereocenters. The molecule has 0 heterocycles. The first kappa shape index (κ1) is 13.9. The van der Waals surface area contributed by atoms with Crippen LogP contribution in [0.5, 0.6) is 0 Å². The van der Waals surface area contributed by atoms with Crippen LogP contribution in [0, 0.1) is 5.92 Å². The Morgan fingerprint density at radius 2 is 1.89 bits per heavy atom. The SMILES string of the molecule is CNC(=O)CC(c1ccc(C(F)(F)F)cc1)C1CC1. The fraction of sp³-hybridized carbons (Fsp3) is 0.500. The lowest BCUT2D eigenvalue weighted by atomic mass is 9.90. The second-order valence-corrected chi connectivity index (χ2v) is 4.94. The van der Waals surface area contributed by atoms with Gasteiger partial charge in [-0.2, -0.15) is 13.2 Å². The maximum Gasteiger partial charge on any atom is 0.416 e. The molecule has 0 spiro atoms. The molecule has 0 radical (unpaired) electrons. The van der Waals surface area contributed by atoms with Crippen LogP contribution >= 0.6 is 0 Å². The van der Waals surface area contributed by atoms with Crippen molar-refractivity contribution in [1.82, 2.24) is 5.32 Å². The number of carbonyl (C=O) groups excluding carboxylic acids is 1. The van der Waals surface area contributed by atoms with E-state index in [0.29, 0.717) is 12.3 Å². The number of hydrogen-bond acceptors (Lipinski definition) is 1. The third-order valence-electron chi connectivity index (χ3n) is 3.54. The second kappa shape index (κ2) is 5.23. The Balaban J connectivity index is 2.16. The Kier molecular flexibility index (Phi) is 3.83. The monoisotopic (exact) mass is 271 g/mol. The zero-order chi connectivity index (χ0) is 14.0. The molecule has 0 aromatic heterocycles. The van der Waals surface area contributed by atoms with E-state index in [9.17, 15) is 18.0 Å². The lowest BCUT2D eigenvalue weighted by Gasteiger charge is -2.16. The van der Waals surface area contributed by atoms with Gasteiger partial charge < -0.3 is 5.32 Å². The van der Waals surface area contributed by atoms with Crippen molar-refractivity contribution < 1.29 is 18.0 Å². The minimum Gasteiger partial charge on any atom is -0.359 e. The highest BCUT2D eigenvalue weighted by Crippen LogP contribution is 2.44. The minimum atomic E-state index is -4.31. The van der Waals surface area contributed by atoms with Crippen molar-refractivity contribution in [3.63, 3.8) is 0 Å². The van der Waals surface area contributed by atoms with Crippen LogP contribution in [0.2, 0.25) is 0 Å². The number of amides is 1. The Labute approximate surface area is 110 Å². The van der Waals surface area contributed by atoms with Crippen molar-refractivity contribution in [3.05, 3.63) is 35.4 Å². The van der Waals surface area contributed by atoms with E-state index < -0.39 is 11.7 Å². The summed E-state index contributed by atoms with van der Waals surface area (Å²) in [7, 11) is 1.57. The van der Waals surface area contributed by atoms with E-state index in [1.807, 2.05) is 0 Å². The second-order valence-electron chi connectivity index (χ2n) is 4.94. The molecule has 2 rings (SSSR count). The largest absolute Gasteiger partial charge is 0.416 e. The molecule has 1 fully saturated rings. The maximum absolute atomic E-state index is 12.5. The first-order chi connectivity index (χ1) is 8.91. The van der Waals surface area contributed by atoms with Crippen LogP contribution in [0.15, 0.2) is 24.3 Å². The molecule has 2 nitrogen and oxygen atoms in total. The molecule has 0 aliphatic heterocycles. The third kappa shape index (κ3) is 3.49. The van der Waals surface area contributed by atoms with Crippen LogP contribution in [0.1, 0.15) is 36.3 Å². The summed E-state index contributed by atoms with van der Waals surface area (Å²) in [5, 5.41) is 2.56. The van der Waals surface area contributed by atoms with E-state index in [-0.39, 0.29) is 11.8 Å². The lowest BCUT2D eigenvalue weighted by molar-refractivity contribution is -0.137. The van der Waals surface area contributed by atoms with E-state index >= 15 is 0 Å². The first-order valence-corrected chi connectivity index (χ1v) is 6.29. The van der Waals surface area contributed by atoms with Gasteiger partial charge in [-0.05, 0) is 42.4 Å². The number of halogens is 3. The average molecular weight is 271 g/mol. The molecule has 1 N–H and O–H groups in total. The van der Waals surface area contributed by atoms with E-state index in [2.05, 4.69) is 5.32 Å². The van der Waals surface area contributed by atoms with Crippen LogP contribution in [0.25, 0.3) is 0 Å². The van der Waals surface area contributed by atoms with Gasteiger partial charge in [0.2, 0.25) is 5.91 Å². The van der Waals surface area contributed by atoms with Crippen molar-refractivity contribution in [2.24, 2.45) is 5.92 Å². The fourth-order valence-corrected chi connectivity index (χ4v) is 2.28. The van der Waals surface area contributed by atoms with Gasteiger partial charge in [0.1, 0.15) is 0 Å². The van der Waals surface area contributed by atoms with Crippen molar-refractivity contribution in [2.75, 3.05) is 7.05 Å². The van der Waals surface area contributed by atoms with E-state index in [4.69, 9.17) is 0 Å². The van der Waals surface area contributed by atoms with Gasteiger partial charge in [-0.1, -0.05) is 12.1 Å². The summed E-state index contributed by atoms with van der Waals surface area (Å²) >= 11 is 0. The summed E-state index contributed by atoms with van der Waals surface area (Å²) < 4.78 is 37.5. The van der Waals surface area contributed by atoms with Gasteiger partial charge in [-0.3, -0.25) is 4.79 Å². The molecule has 0 saturated heterocycles. The number of carbonyl (C=O) groups is 1. The highest BCUT2D eigenvalue weighted by Gasteiger charge is 2.35. The zero-order valence-corrected chi connectivity index (χ0v) is 10.6. The fourth-order valence-electron chi connectivity index (χ4n) is 2.28. The summed E-state index contributed by atoms with van der Waals surface area (Å²) in [6, 6.07) is 5.17. The molecule has 1 aromatic carbocycles. The third-order valence-corrected chi connectivity index (χ3v) is 3.54. The molecular weight excluding hydrogens is 255 g/mol. The average Bonchev–Trinajstić information content (AvgIpc) is 3.19. The smallest absolute Gasteiger partial charge is 0.359 e. The molecule has 1 saturated carbocycles. The van der Waals surface area contributed by atoms with Crippen LogP contribution < -0.4 is 5.32 Å². The number of benzene rings is 1. The Morgan fingerprint density at radius 1 is 1.32 bits per heavy atom. The number of rotatable bonds is 4. The Bertz CT molecular complexity index is 449. The Hall–Kier alpha value is -1.52. The summed E-state index contributed by atoms with van der Waals surface area (Å²) in [6.45, 7) is 0. The zero-order valence-electron chi connectivity index (χ0n) is 10.6. The van der Waals surface area contributed by atoms with Crippen molar-refractivity contribution in [3.8, 4) is 0 Å². The first-order valence-electron chi connectivity index (χ1n) is 6.29. The van der Waals surface area contributed by atoms with Gasteiger partial charge in [0.25, 0.3) is 0 Å². The van der Waals surface area contributed by atoms with Crippen molar-refractivity contribution in [1.29, 1.82) is 0 Å². The highest BCUT2D eigenvalue weighted by atomic mass is 19.4. The summed E-state index contributed by atoms with van der Waals surface area (Å²) in [6.07, 6.45) is -1.88. The van der Waals surface area contributed by atoms with Crippen LogP contribution in [-0.2, 0) is 11.0 Å². The van der Waals surface area contributed by atoms with Gasteiger partial charge in [0, 0.05) is 13.5 Å². The Morgan fingerprint density at radius 3 is 2.32 bits per heavy atom. The molecule has 1 aliphatic carbocycles. The molecule has 0 bridgehead atoms.